The minimum atomic E-state index is -0.0487. The molecule has 1 amide bonds. The quantitative estimate of drug-likeness (QED) is 0.614. The monoisotopic (exact) mass is 365 g/mol. The first-order valence-corrected chi connectivity index (χ1v) is 9.42. The first kappa shape index (κ1) is 18.3. The molecule has 0 saturated heterocycles. The van der Waals surface area contributed by atoms with Crippen molar-refractivity contribution in [2.75, 3.05) is 32.1 Å². The molecule has 0 radical (unpaired) electrons. The van der Waals surface area contributed by atoms with E-state index in [0.29, 0.717) is 6.54 Å². The van der Waals surface area contributed by atoms with E-state index in [1.54, 1.807) is 22.3 Å². The molecule has 3 aromatic rings. The van der Waals surface area contributed by atoms with Gasteiger partial charge in [0.15, 0.2) is 5.13 Å². The summed E-state index contributed by atoms with van der Waals surface area (Å²) >= 11 is 1.56. The first-order chi connectivity index (χ1) is 12.5. The lowest BCUT2D eigenvalue weighted by atomic mass is 10.2. The summed E-state index contributed by atoms with van der Waals surface area (Å²) in [6, 6.07) is 16.0. The molecule has 0 aliphatic heterocycles. The first-order valence-electron chi connectivity index (χ1n) is 8.60. The molecule has 0 bridgehead atoms. The zero-order chi connectivity index (χ0) is 18.5. The summed E-state index contributed by atoms with van der Waals surface area (Å²) in [5.41, 5.74) is 3.11. The Morgan fingerprint density at radius 2 is 1.85 bits per heavy atom. The van der Waals surface area contributed by atoms with Gasteiger partial charge >= 0.3 is 0 Å². The number of hydrogen-bond donors (Lipinski definition) is 0. The van der Waals surface area contributed by atoms with Crippen molar-refractivity contribution in [3.05, 3.63) is 65.7 Å². The van der Waals surface area contributed by atoms with Crippen LogP contribution in [-0.2, 0) is 4.79 Å². The van der Waals surface area contributed by atoms with Gasteiger partial charge in [0.1, 0.15) is 0 Å². The van der Waals surface area contributed by atoms with Crippen molar-refractivity contribution in [1.29, 1.82) is 0 Å². The lowest BCUT2D eigenvalue weighted by Gasteiger charge is -2.20. The maximum Gasteiger partial charge on any atom is 0.252 e. The molecule has 1 heterocycles. The van der Waals surface area contributed by atoms with Gasteiger partial charge < -0.3 is 4.90 Å². The fourth-order valence-corrected chi connectivity index (χ4v) is 3.69. The van der Waals surface area contributed by atoms with Crippen LogP contribution >= 0.6 is 11.3 Å². The number of hydrogen-bond acceptors (Lipinski definition) is 4. The van der Waals surface area contributed by atoms with Gasteiger partial charge in [0.2, 0.25) is 0 Å². The molecule has 0 atom stereocenters. The van der Waals surface area contributed by atoms with E-state index in [1.165, 1.54) is 0 Å². The molecule has 0 N–H and O–H groups in total. The Morgan fingerprint density at radius 1 is 1.08 bits per heavy atom. The van der Waals surface area contributed by atoms with Crippen LogP contribution in [0, 0.1) is 6.92 Å². The van der Waals surface area contributed by atoms with Gasteiger partial charge in [-0.1, -0.05) is 53.8 Å². The minimum Gasteiger partial charge on any atom is -0.308 e. The summed E-state index contributed by atoms with van der Waals surface area (Å²) in [6.07, 6.45) is 3.48. The molecule has 134 valence electrons. The number of nitrogens with zero attached hydrogens (tertiary/aromatic N) is 3. The zero-order valence-corrected chi connectivity index (χ0v) is 16.2. The van der Waals surface area contributed by atoms with Gasteiger partial charge in [-0.2, -0.15) is 0 Å². The van der Waals surface area contributed by atoms with Crippen LogP contribution < -0.4 is 4.90 Å². The summed E-state index contributed by atoms with van der Waals surface area (Å²) in [6.45, 7) is 3.43. The van der Waals surface area contributed by atoms with E-state index in [-0.39, 0.29) is 5.91 Å². The van der Waals surface area contributed by atoms with Gasteiger partial charge in [-0.3, -0.25) is 9.69 Å². The Hall–Kier alpha value is -2.50. The van der Waals surface area contributed by atoms with Crippen molar-refractivity contribution in [3.8, 4) is 0 Å². The lowest BCUT2D eigenvalue weighted by Crippen LogP contribution is -2.35. The minimum absolute atomic E-state index is 0.0487. The third-order valence-corrected chi connectivity index (χ3v) is 5.14. The lowest BCUT2D eigenvalue weighted by molar-refractivity contribution is -0.114. The number of aryl methyl sites for hydroxylation is 1. The van der Waals surface area contributed by atoms with Crippen LogP contribution in [0.3, 0.4) is 0 Å². The molecule has 26 heavy (non-hydrogen) atoms. The number of amides is 1. The van der Waals surface area contributed by atoms with Crippen LogP contribution in [0.2, 0.25) is 0 Å². The fourth-order valence-electron chi connectivity index (χ4n) is 2.61. The number of likely N-dealkylation sites (N-methyl/N-ethyl adjacent to an activating group) is 1. The number of aromatic nitrogens is 1. The van der Waals surface area contributed by atoms with E-state index >= 15 is 0 Å². The fraction of sp³-hybridized carbons (Fsp3) is 0.238. The topological polar surface area (TPSA) is 36.4 Å². The molecule has 5 heteroatoms. The average Bonchev–Trinajstić information content (AvgIpc) is 3.06. The van der Waals surface area contributed by atoms with E-state index in [1.807, 2.05) is 69.6 Å². The number of benzene rings is 2. The predicted molar refractivity (Wildman–Crippen MR) is 111 cm³/mol. The number of fused-ring (bicyclic) bond motifs is 1. The smallest absolute Gasteiger partial charge is 0.252 e. The molecule has 0 aliphatic carbocycles. The summed E-state index contributed by atoms with van der Waals surface area (Å²) < 4.78 is 1.11. The van der Waals surface area contributed by atoms with Crippen LogP contribution in [0.1, 0.15) is 11.1 Å². The highest BCUT2D eigenvalue weighted by Crippen LogP contribution is 2.30. The van der Waals surface area contributed by atoms with Crippen LogP contribution in [0.5, 0.6) is 0 Å². The van der Waals surface area contributed by atoms with Crippen LogP contribution in [0.25, 0.3) is 16.3 Å². The van der Waals surface area contributed by atoms with Crippen LogP contribution in [0.4, 0.5) is 5.13 Å². The third-order valence-electron chi connectivity index (χ3n) is 4.10. The second-order valence-corrected chi connectivity index (χ2v) is 7.46. The van der Waals surface area contributed by atoms with Gasteiger partial charge in [0, 0.05) is 19.2 Å². The Labute approximate surface area is 158 Å². The maximum absolute atomic E-state index is 12.9. The predicted octanol–water partition coefficient (Wildman–Crippen LogP) is 4.21. The van der Waals surface area contributed by atoms with Crippen molar-refractivity contribution < 1.29 is 4.79 Å². The molecule has 2 aromatic carbocycles. The van der Waals surface area contributed by atoms with E-state index in [0.717, 1.165) is 33.0 Å². The number of carbonyl (C=O) groups excluding carboxylic acids is 1. The molecule has 3 rings (SSSR count). The Balaban J connectivity index is 1.89. The summed E-state index contributed by atoms with van der Waals surface area (Å²) in [5, 5.41) is 0.749. The molecule has 0 aliphatic rings. The third kappa shape index (κ3) is 4.36. The number of rotatable bonds is 6. The normalized spacial score (nSPS) is 11.5. The SMILES string of the molecule is Cc1cccc2sc(N(CCN(C)C)C(=O)C=Cc3ccccc3)nc12. The molecular formula is C21H23N3OS. The largest absolute Gasteiger partial charge is 0.308 e. The Kier molecular flexibility index (Phi) is 5.81. The second kappa shape index (κ2) is 8.25. The molecular weight excluding hydrogens is 342 g/mol. The molecule has 4 nitrogen and oxygen atoms in total. The van der Waals surface area contributed by atoms with Crippen LogP contribution in [-0.4, -0.2) is 43.0 Å². The highest BCUT2D eigenvalue weighted by Gasteiger charge is 2.18. The Bertz CT molecular complexity index is 915. The summed E-state index contributed by atoms with van der Waals surface area (Å²) in [4.78, 5) is 21.5. The van der Waals surface area contributed by atoms with E-state index in [2.05, 4.69) is 11.0 Å². The van der Waals surface area contributed by atoms with Gasteiger partial charge in [-0.15, -0.1) is 0 Å². The van der Waals surface area contributed by atoms with Crippen LogP contribution in [0.15, 0.2) is 54.6 Å². The van der Waals surface area contributed by atoms with Crippen molar-refractivity contribution in [1.82, 2.24) is 9.88 Å². The highest BCUT2D eigenvalue weighted by atomic mass is 32.1. The Morgan fingerprint density at radius 3 is 2.54 bits per heavy atom. The summed E-state index contributed by atoms with van der Waals surface area (Å²) in [7, 11) is 4.01. The van der Waals surface area contributed by atoms with Gasteiger partial charge in [-0.25, -0.2) is 4.98 Å². The molecule has 0 spiro atoms. The average molecular weight is 366 g/mol. The number of thiazole rings is 1. The second-order valence-electron chi connectivity index (χ2n) is 6.46. The van der Waals surface area contributed by atoms with Gasteiger partial charge in [0.25, 0.3) is 5.91 Å². The van der Waals surface area contributed by atoms with Crippen molar-refractivity contribution >= 4 is 38.7 Å². The van der Waals surface area contributed by atoms with Crippen molar-refractivity contribution in [2.45, 2.75) is 6.92 Å². The number of carbonyl (C=O) groups is 1. The van der Waals surface area contributed by atoms with E-state index in [9.17, 15) is 4.79 Å². The standard InChI is InChI=1S/C21H23N3OS/c1-16-8-7-11-18-20(16)22-21(26-18)24(15-14-23(2)3)19(25)13-12-17-9-5-4-6-10-17/h4-13H,14-15H2,1-3H3. The van der Waals surface area contributed by atoms with Gasteiger partial charge in [0.05, 0.1) is 10.2 Å². The molecule has 0 saturated carbocycles. The number of para-hydroxylation sites is 1. The molecule has 0 fully saturated rings. The van der Waals surface area contributed by atoms with Crippen molar-refractivity contribution in [3.63, 3.8) is 0 Å². The van der Waals surface area contributed by atoms with E-state index < -0.39 is 0 Å². The van der Waals surface area contributed by atoms with Gasteiger partial charge in [-0.05, 0) is 44.3 Å². The van der Waals surface area contributed by atoms with Crippen molar-refractivity contribution in [2.24, 2.45) is 0 Å². The molecule has 1 aromatic heterocycles. The zero-order valence-electron chi connectivity index (χ0n) is 15.3. The number of anilines is 1. The maximum atomic E-state index is 12.9. The molecule has 0 unspecified atom stereocenters. The highest BCUT2D eigenvalue weighted by molar-refractivity contribution is 7.22. The summed E-state index contributed by atoms with van der Waals surface area (Å²) in [5.74, 6) is -0.0487. The van der Waals surface area contributed by atoms with E-state index in [4.69, 9.17) is 4.98 Å².